The number of rotatable bonds is 3. The smallest absolute Gasteiger partial charge is 0.221 e. The highest BCUT2D eigenvalue weighted by molar-refractivity contribution is 5.89. The largest absolute Gasteiger partial charge is 0.378 e. The zero-order valence-corrected chi connectivity index (χ0v) is 11.5. The maximum absolute atomic E-state index is 11.0. The summed E-state index contributed by atoms with van der Waals surface area (Å²) in [5.74, 6) is -0.0534. The maximum atomic E-state index is 11.0. The van der Waals surface area contributed by atoms with Crippen LogP contribution in [-0.4, -0.2) is 20.0 Å². The number of benzene rings is 2. The van der Waals surface area contributed by atoms with Gasteiger partial charge in [-0.05, 0) is 35.4 Å². The Morgan fingerprint density at radius 1 is 1.00 bits per heavy atom. The lowest BCUT2D eigenvalue weighted by Gasteiger charge is -2.13. The summed E-state index contributed by atoms with van der Waals surface area (Å²) in [7, 11) is 4.05. The Kier molecular flexibility index (Phi) is 3.85. The average Bonchev–Trinajstić information content (AvgIpc) is 2.39. The molecule has 0 aliphatic carbocycles. The van der Waals surface area contributed by atoms with Gasteiger partial charge in [-0.3, -0.25) is 4.79 Å². The average molecular weight is 254 g/mol. The van der Waals surface area contributed by atoms with Crippen LogP contribution in [0.1, 0.15) is 6.92 Å². The van der Waals surface area contributed by atoms with Gasteiger partial charge in [0.05, 0.1) is 0 Å². The third kappa shape index (κ3) is 3.35. The Bertz CT molecular complexity index is 574. The van der Waals surface area contributed by atoms with Gasteiger partial charge in [0.15, 0.2) is 0 Å². The number of nitrogens with zero attached hydrogens (tertiary/aromatic N) is 1. The molecule has 0 saturated carbocycles. The van der Waals surface area contributed by atoms with Gasteiger partial charge in [-0.15, -0.1) is 0 Å². The molecule has 0 aliphatic heterocycles. The fraction of sp³-hybridized carbons (Fsp3) is 0.188. The molecule has 1 N–H and O–H groups in total. The van der Waals surface area contributed by atoms with Crippen molar-refractivity contribution < 1.29 is 4.79 Å². The molecule has 0 heterocycles. The molecular formula is C16H18N2O. The second-order valence-electron chi connectivity index (χ2n) is 4.70. The van der Waals surface area contributed by atoms with E-state index in [9.17, 15) is 4.79 Å². The molecule has 1 amide bonds. The van der Waals surface area contributed by atoms with Crippen molar-refractivity contribution in [3.05, 3.63) is 48.5 Å². The molecule has 3 heteroatoms. The molecule has 3 nitrogen and oxygen atoms in total. The van der Waals surface area contributed by atoms with Crippen LogP contribution in [0.15, 0.2) is 48.5 Å². The van der Waals surface area contributed by atoms with Crippen LogP contribution >= 0.6 is 0 Å². The van der Waals surface area contributed by atoms with Gasteiger partial charge in [-0.2, -0.15) is 0 Å². The van der Waals surface area contributed by atoms with Crippen LogP contribution in [0.2, 0.25) is 0 Å². The zero-order chi connectivity index (χ0) is 13.8. The summed E-state index contributed by atoms with van der Waals surface area (Å²) in [5.41, 5.74) is 4.29. The third-order valence-electron chi connectivity index (χ3n) is 2.90. The van der Waals surface area contributed by atoms with Crippen LogP contribution in [-0.2, 0) is 4.79 Å². The predicted octanol–water partition coefficient (Wildman–Crippen LogP) is 3.38. The fourth-order valence-electron chi connectivity index (χ4n) is 1.91. The molecule has 0 fully saturated rings. The normalized spacial score (nSPS) is 10.1. The van der Waals surface area contributed by atoms with Crippen LogP contribution in [0.3, 0.4) is 0 Å². The minimum absolute atomic E-state index is 0.0534. The number of anilines is 2. The van der Waals surface area contributed by atoms with Crippen molar-refractivity contribution in [1.82, 2.24) is 0 Å². The highest BCUT2D eigenvalue weighted by Gasteiger charge is 2.01. The molecule has 98 valence electrons. The predicted molar refractivity (Wildman–Crippen MR) is 80.5 cm³/mol. The van der Waals surface area contributed by atoms with E-state index >= 15 is 0 Å². The van der Waals surface area contributed by atoms with Crippen molar-refractivity contribution in [2.24, 2.45) is 0 Å². The lowest BCUT2D eigenvalue weighted by molar-refractivity contribution is -0.114. The van der Waals surface area contributed by atoms with E-state index < -0.39 is 0 Å². The van der Waals surface area contributed by atoms with Gasteiger partial charge in [0.2, 0.25) is 5.91 Å². The Morgan fingerprint density at radius 3 is 2.26 bits per heavy atom. The maximum Gasteiger partial charge on any atom is 0.221 e. The van der Waals surface area contributed by atoms with E-state index in [1.807, 2.05) is 44.4 Å². The van der Waals surface area contributed by atoms with E-state index in [2.05, 4.69) is 28.4 Å². The summed E-state index contributed by atoms with van der Waals surface area (Å²) >= 11 is 0. The van der Waals surface area contributed by atoms with E-state index in [-0.39, 0.29) is 5.91 Å². The van der Waals surface area contributed by atoms with Crippen molar-refractivity contribution in [3.63, 3.8) is 0 Å². The van der Waals surface area contributed by atoms with E-state index in [0.717, 1.165) is 11.3 Å². The number of carbonyl (C=O) groups excluding carboxylic acids is 1. The molecule has 0 radical (unpaired) electrons. The van der Waals surface area contributed by atoms with Crippen molar-refractivity contribution in [2.45, 2.75) is 6.92 Å². The molecule has 0 atom stereocenters. The van der Waals surface area contributed by atoms with Gasteiger partial charge in [-0.1, -0.05) is 24.3 Å². The summed E-state index contributed by atoms with van der Waals surface area (Å²) in [6.07, 6.45) is 0. The molecule has 19 heavy (non-hydrogen) atoms. The summed E-state index contributed by atoms with van der Waals surface area (Å²) in [5, 5.41) is 2.77. The number of amides is 1. The lowest BCUT2D eigenvalue weighted by Crippen LogP contribution is -2.08. The SMILES string of the molecule is CC(=O)Nc1ccc(-c2cccc(N(C)C)c2)cc1. The van der Waals surface area contributed by atoms with Gasteiger partial charge in [0, 0.05) is 32.4 Å². The van der Waals surface area contributed by atoms with Crippen molar-refractivity contribution in [2.75, 3.05) is 24.3 Å². The quantitative estimate of drug-likeness (QED) is 0.910. The van der Waals surface area contributed by atoms with E-state index in [0.29, 0.717) is 0 Å². The molecule has 2 rings (SSSR count). The van der Waals surface area contributed by atoms with Gasteiger partial charge in [0.1, 0.15) is 0 Å². The topological polar surface area (TPSA) is 32.3 Å². The van der Waals surface area contributed by atoms with Gasteiger partial charge in [-0.25, -0.2) is 0 Å². The highest BCUT2D eigenvalue weighted by atomic mass is 16.1. The molecule has 2 aromatic carbocycles. The first kappa shape index (κ1) is 13.1. The minimum atomic E-state index is -0.0534. The Labute approximate surface area is 113 Å². The van der Waals surface area contributed by atoms with Crippen molar-refractivity contribution in [1.29, 1.82) is 0 Å². The van der Waals surface area contributed by atoms with Gasteiger partial charge in [0.25, 0.3) is 0 Å². The summed E-state index contributed by atoms with van der Waals surface area (Å²) in [6, 6.07) is 16.2. The molecule has 0 spiro atoms. The monoisotopic (exact) mass is 254 g/mol. The number of carbonyl (C=O) groups is 1. The number of nitrogens with one attached hydrogen (secondary N) is 1. The molecule has 0 saturated heterocycles. The van der Waals surface area contributed by atoms with E-state index in [4.69, 9.17) is 0 Å². The summed E-state index contributed by atoms with van der Waals surface area (Å²) in [6.45, 7) is 1.51. The van der Waals surface area contributed by atoms with E-state index in [1.165, 1.54) is 18.2 Å². The Morgan fingerprint density at radius 2 is 1.68 bits per heavy atom. The molecule has 0 aromatic heterocycles. The molecule has 0 unspecified atom stereocenters. The van der Waals surface area contributed by atoms with Crippen molar-refractivity contribution in [3.8, 4) is 11.1 Å². The lowest BCUT2D eigenvalue weighted by atomic mass is 10.0. The van der Waals surface area contributed by atoms with Crippen LogP contribution in [0, 0.1) is 0 Å². The zero-order valence-electron chi connectivity index (χ0n) is 11.5. The van der Waals surface area contributed by atoms with Crippen LogP contribution in [0.4, 0.5) is 11.4 Å². The first-order valence-electron chi connectivity index (χ1n) is 6.21. The Balaban J connectivity index is 2.26. The highest BCUT2D eigenvalue weighted by Crippen LogP contribution is 2.25. The second-order valence-corrected chi connectivity index (χ2v) is 4.70. The first-order valence-corrected chi connectivity index (χ1v) is 6.21. The molecule has 0 bridgehead atoms. The molecular weight excluding hydrogens is 236 g/mol. The first-order chi connectivity index (χ1) is 9.06. The third-order valence-corrected chi connectivity index (χ3v) is 2.90. The van der Waals surface area contributed by atoms with Crippen LogP contribution in [0.25, 0.3) is 11.1 Å². The minimum Gasteiger partial charge on any atom is -0.378 e. The number of hydrogen-bond acceptors (Lipinski definition) is 2. The van der Waals surface area contributed by atoms with Crippen molar-refractivity contribution >= 4 is 17.3 Å². The second kappa shape index (κ2) is 5.57. The van der Waals surface area contributed by atoms with E-state index in [1.54, 1.807) is 0 Å². The van der Waals surface area contributed by atoms with Gasteiger partial charge < -0.3 is 10.2 Å². The van der Waals surface area contributed by atoms with Gasteiger partial charge >= 0.3 is 0 Å². The standard InChI is InChI=1S/C16H18N2O/c1-12(19)17-15-9-7-13(8-10-15)14-5-4-6-16(11-14)18(2)3/h4-11H,1-3H3,(H,17,19). The molecule has 2 aromatic rings. The van der Waals surface area contributed by atoms with Crippen LogP contribution in [0.5, 0.6) is 0 Å². The fourth-order valence-corrected chi connectivity index (χ4v) is 1.91. The van der Waals surface area contributed by atoms with Crippen LogP contribution < -0.4 is 10.2 Å². The molecule has 0 aliphatic rings. The summed E-state index contributed by atoms with van der Waals surface area (Å²) < 4.78 is 0. The summed E-state index contributed by atoms with van der Waals surface area (Å²) in [4.78, 5) is 13.0. The Hall–Kier alpha value is -2.29. The number of hydrogen-bond donors (Lipinski definition) is 1.